The fraction of sp³-hybridized carbons (Fsp3) is 0.273. The van der Waals surface area contributed by atoms with Crippen LogP contribution in [0, 0.1) is 6.92 Å². The Morgan fingerprint density at radius 2 is 1.79 bits per heavy atom. The van der Waals surface area contributed by atoms with Crippen LogP contribution in [0.3, 0.4) is 0 Å². The smallest absolute Gasteiger partial charge is 0.254 e. The Bertz CT molecular complexity index is 1080. The molecule has 0 radical (unpaired) electrons. The summed E-state index contributed by atoms with van der Waals surface area (Å²) in [5.74, 6) is -0.175. The lowest BCUT2D eigenvalue weighted by molar-refractivity contribution is -0.137. The third-order valence-corrected chi connectivity index (χ3v) is 5.39. The van der Waals surface area contributed by atoms with E-state index in [0.717, 1.165) is 27.7 Å². The maximum absolute atomic E-state index is 13.1. The maximum Gasteiger partial charge on any atom is 0.254 e. The first kappa shape index (κ1) is 18.1. The van der Waals surface area contributed by atoms with Crippen LogP contribution < -0.4 is 0 Å². The lowest BCUT2D eigenvalue weighted by atomic mass is 10.0. The van der Waals surface area contributed by atoms with Gasteiger partial charge in [-0.05, 0) is 26.0 Å². The molecule has 1 aliphatic heterocycles. The van der Waals surface area contributed by atoms with Gasteiger partial charge in [0.15, 0.2) is 0 Å². The van der Waals surface area contributed by atoms with E-state index in [9.17, 15) is 9.59 Å². The van der Waals surface area contributed by atoms with Gasteiger partial charge in [0.25, 0.3) is 5.91 Å². The molecule has 1 aliphatic rings. The van der Waals surface area contributed by atoms with Crippen molar-refractivity contribution in [2.75, 3.05) is 20.1 Å². The molecule has 0 unspecified atom stereocenters. The van der Waals surface area contributed by atoms with Crippen LogP contribution in [0.15, 0.2) is 48.5 Å². The third-order valence-electron chi connectivity index (χ3n) is 5.39. The van der Waals surface area contributed by atoms with Gasteiger partial charge in [-0.3, -0.25) is 9.59 Å². The average molecular weight is 374 g/mol. The van der Waals surface area contributed by atoms with Crippen molar-refractivity contribution in [2.24, 2.45) is 0 Å². The molecule has 1 aromatic heterocycles. The van der Waals surface area contributed by atoms with Crippen molar-refractivity contribution in [3.63, 3.8) is 0 Å². The molecule has 28 heavy (non-hydrogen) atoms. The van der Waals surface area contributed by atoms with Gasteiger partial charge in [0.2, 0.25) is 5.91 Å². The molecule has 2 aromatic carbocycles. The molecule has 2 amide bonds. The highest BCUT2D eigenvalue weighted by Gasteiger charge is 2.33. The first-order chi connectivity index (χ1) is 13.5. The number of likely N-dealkylation sites (N-methyl/N-ethyl adjacent to an activating group) is 1. The number of piperazine rings is 1. The summed E-state index contributed by atoms with van der Waals surface area (Å²) in [7, 11) is 1.77. The fourth-order valence-electron chi connectivity index (χ4n) is 3.71. The number of hydrogen-bond donors (Lipinski definition) is 0. The van der Waals surface area contributed by atoms with E-state index < -0.39 is 6.04 Å². The Balaban J connectivity index is 1.72. The number of carbonyl (C=O) groups is 2. The molecule has 142 valence electrons. The second-order valence-corrected chi connectivity index (χ2v) is 7.19. The van der Waals surface area contributed by atoms with Gasteiger partial charge in [-0.1, -0.05) is 36.4 Å². The van der Waals surface area contributed by atoms with Crippen molar-refractivity contribution in [2.45, 2.75) is 19.9 Å². The molecule has 0 aliphatic carbocycles. The van der Waals surface area contributed by atoms with Gasteiger partial charge in [-0.25, -0.2) is 0 Å². The van der Waals surface area contributed by atoms with Crippen molar-refractivity contribution < 1.29 is 9.59 Å². The molecule has 0 N–H and O–H groups in total. The molecular weight excluding hydrogens is 352 g/mol. The summed E-state index contributed by atoms with van der Waals surface area (Å²) >= 11 is 0. The Kier molecular flexibility index (Phi) is 4.55. The monoisotopic (exact) mass is 374 g/mol. The Morgan fingerprint density at radius 1 is 1.04 bits per heavy atom. The van der Waals surface area contributed by atoms with Gasteiger partial charge in [-0.2, -0.15) is 5.10 Å². The molecule has 1 saturated heterocycles. The summed E-state index contributed by atoms with van der Waals surface area (Å²) in [5, 5.41) is 10.7. The molecule has 4 rings (SSSR count). The summed E-state index contributed by atoms with van der Waals surface area (Å²) in [4.78, 5) is 28.6. The number of aryl methyl sites for hydroxylation is 1. The fourth-order valence-corrected chi connectivity index (χ4v) is 3.71. The molecule has 6 heteroatoms. The zero-order valence-electron chi connectivity index (χ0n) is 16.2. The van der Waals surface area contributed by atoms with Crippen molar-refractivity contribution in [1.29, 1.82) is 0 Å². The number of carbonyl (C=O) groups excluding carboxylic acids is 2. The average Bonchev–Trinajstić information content (AvgIpc) is 2.72. The van der Waals surface area contributed by atoms with Crippen LogP contribution >= 0.6 is 0 Å². The van der Waals surface area contributed by atoms with Gasteiger partial charge in [0.05, 0.1) is 5.69 Å². The van der Waals surface area contributed by atoms with E-state index in [4.69, 9.17) is 0 Å². The van der Waals surface area contributed by atoms with Crippen molar-refractivity contribution >= 4 is 22.6 Å². The highest BCUT2D eigenvalue weighted by atomic mass is 16.2. The summed E-state index contributed by atoms with van der Waals surface area (Å²) in [6.45, 7) is 4.78. The molecule has 1 atom stereocenters. The first-order valence-electron chi connectivity index (χ1n) is 9.36. The summed E-state index contributed by atoms with van der Waals surface area (Å²) < 4.78 is 0. The first-order valence-corrected chi connectivity index (χ1v) is 9.36. The highest BCUT2D eigenvalue weighted by molar-refractivity contribution is 6.00. The second-order valence-electron chi connectivity index (χ2n) is 7.19. The molecular formula is C22H22N4O2. The van der Waals surface area contributed by atoms with E-state index in [0.29, 0.717) is 18.7 Å². The normalized spacial score (nSPS) is 17.2. The molecule has 6 nitrogen and oxygen atoms in total. The van der Waals surface area contributed by atoms with Crippen LogP contribution in [-0.4, -0.2) is 58.0 Å². The van der Waals surface area contributed by atoms with Crippen LogP contribution in [0.5, 0.6) is 0 Å². The van der Waals surface area contributed by atoms with Crippen LogP contribution in [0.1, 0.15) is 23.0 Å². The SMILES string of the molecule is Cc1nnc(-c2cccc(C(=O)N3CCN(C)C(=O)[C@@H]3C)c2)c2ccccc12. The van der Waals surface area contributed by atoms with E-state index in [1.165, 1.54) is 0 Å². The van der Waals surface area contributed by atoms with Crippen molar-refractivity contribution in [3.8, 4) is 11.3 Å². The minimum Gasteiger partial charge on any atom is -0.342 e. The number of benzene rings is 2. The topological polar surface area (TPSA) is 66.4 Å². The minimum atomic E-state index is -0.463. The molecule has 3 aromatic rings. The van der Waals surface area contributed by atoms with Gasteiger partial charge < -0.3 is 9.80 Å². The highest BCUT2D eigenvalue weighted by Crippen LogP contribution is 2.28. The number of amides is 2. The van der Waals surface area contributed by atoms with E-state index in [1.807, 2.05) is 49.4 Å². The number of aromatic nitrogens is 2. The van der Waals surface area contributed by atoms with E-state index in [1.54, 1.807) is 29.8 Å². The Hall–Kier alpha value is -3.28. The van der Waals surface area contributed by atoms with Crippen LogP contribution in [0.25, 0.3) is 22.0 Å². The standard InChI is InChI=1S/C22H22N4O2/c1-14-18-9-4-5-10-19(18)20(24-23-14)16-7-6-8-17(13-16)22(28)26-12-11-25(3)21(27)15(26)2/h4-10,13,15H,11-12H2,1-3H3/t15-/m0/s1. The lowest BCUT2D eigenvalue weighted by Gasteiger charge is -2.37. The van der Waals surface area contributed by atoms with E-state index >= 15 is 0 Å². The van der Waals surface area contributed by atoms with Gasteiger partial charge in [-0.15, -0.1) is 5.10 Å². The zero-order valence-corrected chi connectivity index (χ0v) is 16.2. The van der Waals surface area contributed by atoms with Gasteiger partial charge >= 0.3 is 0 Å². The molecule has 0 spiro atoms. The van der Waals surface area contributed by atoms with Gasteiger partial charge in [0.1, 0.15) is 11.7 Å². The van der Waals surface area contributed by atoms with Crippen LogP contribution in [0.4, 0.5) is 0 Å². The predicted octanol–water partition coefficient (Wildman–Crippen LogP) is 2.91. The van der Waals surface area contributed by atoms with Gasteiger partial charge in [0, 0.05) is 42.0 Å². The van der Waals surface area contributed by atoms with Crippen molar-refractivity contribution in [3.05, 3.63) is 59.8 Å². The largest absolute Gasteiger partial charge is 0.342 e. The summed E-state index contributed by atoms with van der Waals surface area (Å²) in [6.07, 6.45) is 0. The maximum atomic E-state index is 13.1. The lowest BCUT2D eigenvalue weighted by Crippen LogP contribution is -2.56. The third kappa shape index (κ3) is 3.01. The minimum absolute atomic E-state index is 0.0360. The number of hydrogen-bond acceptors (Lipinski definition) is 4. The Morgan fingerprint density at radius 3 is 2.57 bits per heavy atom. The second kappa shape index (κ2) is 7.03. The Labute approximate surface area is 163 Å². The number of rotatable bonds is 2. The predicted molar refractivity (Wildman–Crippen MR) is 108 cm³/mol. The van der Waals surface area contributed by atoms with Crippen LogP contribution in [-0.2, 0) is 4.79 Å². The van der Waals surface area contributed by atoms with E-state index in [2.05, 4.69) is 10.2 Å². The molecule has 0 saturated carbocycles. The summed E-state index contributed by atoms with van der Waals surface area (Å²) in [5.41, 5.74) is 3.01. The number of nitrogens with zero attached hydrogens (tertiary/aromatic N) is 4. The molecule has 2 heterocycles. The summed E-state index contributed by atoms with van der Waals surface area (Å²) in [6, 6.07) is 14.9. The van der Waals surface area contributed by atoms with E-state index in [-0.39, 0.29) is 11.8 Å². The zero-order chi connectivity index (χ0) is 19.8. The quantitative estimate of drug-likeness (QED) is 0.692. The van der Waals surface area contributed by atoms with Crippen LogP contribution in [0.2, 0.25) is 0 Å². The van der Waals surface area contributed by atoms with Crippen molar-refractivity contribution in [1.82, 2.24) is 20.0 Å². The number of fused-ring (bicyclic) bond motifs is 1. The molecule has 1 fully saturated rings. The molecule has 0 bridgehead atoms.